The molecular weight excluding hydrogens is 360 g/mol. The molecule has 6 nitrogen and oxygen atoms in total. The number of halogens is 1. The van der Waals surface area contributed by atoms with Gasteiger partial charge in [0.1, 0.15) is 0 Å². The Labute approximate surface area is 141 Å². The van der Waals surface area contributed by atoms with Gasteiger partial charge in [0.15, 0.2) is 0 Å². The highest BCUT2D eigenvalue weighted by molar-refractivity contribution is 9.10. The van der Waals surface area contributed by atoms with E-state index in [-0.39, 0.29) is 5.97 Å². The standard InChI is InChI=1S/C16H13BrN4O2/c1-23-16(22)12-6-4-5-11(9-12)10-21-19-15(18-20-21)13-7-2-3-8-14(13)17/h2-9H,10H2,1H3. The van der Waals surface area contributed by atoms with E-state index >= 15 is 0 Å². The lowest BCUT2D eigenvalue weighted by atomic mass is 10.1. The number of aromatic nitrogens is 4. The van der Waals surface area contributed by atoms with Crippen LogP contribution < -0.4 is 0 Å². The van der Waals surface area contributed by atoms with Crippen LogP contribution >= 0.6 is 15.9 Å². The van der Waals surface area contributed by atoms with Crippen molar-refractivity contribution in [3.8, 4) is 11.4 Å². The van der Waals surface area contributed by atoms with Gasteiger partial charge in [-0.1, -0.05) is 40.2 Å². The van der Waals surface area contributed by atoms with E-state index in [0.717, 1.165) is 15.6 Å². The lowest BCUT2D eigenvalue weighted by molar-refractivity contribution is 0.0600. The van der Waals surface area contributed by atoms with Crippen molar-refractivity contribution in [3.63, 3.8) is 0 Å². The fourth-order valence-corrected chi connectivity index (χ4v) is 2.60. The summed E-state index contributed by atoms with van der Waals surface area (Å²) >= 11 is 3.47. The predicted octanol–water partition coefficient (Wildman–Crippen LogP) is 2.94. The average Bonchev–Trinajstić information content (AvgIpc) is 3.03. The van der Waals surface area contributed by atoms with E-state index in [4.69, 9.17) is 4.74 Å². The van der Waals surface area contributed by atoms with E-state index in [2.05, 4.69) is 31.3 Å². The molecule has 0 N–H and O–H groups in total. The topological polar surface area (TPSA) is 69.9 Å². The van der Waals surface area contributed by atoms with E-state index in [9.17, 15) is 4.79 Å². The number of rotatable bonds is 4. The average molecular weight is 373 g/mol. The Morgan fingerprint density at radius 2 is 2.04 bits per heavy atom. The maximum Gasteiger partial charge on any atom is 0.337 e. The number of hydrogen-bond donors (Lipinski definition) is 0. The maximum absolute atomic E-state index is 11.6. The second-order valence-corrected chi connectivity index (χ2v) is 5.67. The van der Waals surface area contributed by atoms with Crippen molar-refractivity contribution in [3.05, 3.63) is 64.1 Å². The predicted molar refractivity (Wildman–Crippen MR) is 87.8 cm³/mol. The fraction of sp³-hybridized carbons (Fsp3) is 0.125. The molecule has 0 bridgehead atoms. The Bertz CT molecular complexity index is 847. The first kappa shape index (κ1) is 15.4. The number of tetrazole rings is 1. The van der Waals surface area contributed by atoms with Crippen LogP contribution in [0.1, 0.15) is 15.9 Å². The van der Waals surface area contributed by atoms with Gasteiger partial charge in [0.25, 0.3) is 0 Å². The van der Waals surface area contributed by atoms with Gasteiger partial charge in [-0.2, -0.15) is 4.80 Å². The van der Waals surface area contributed by atoms with Gasteiger partial charge in [-0.25, -0.2) is 4.79 Å². The fourth-order valence-electron chi connectivity index (χ4n) is 2.14. The number of carbonyl (C=O) groups is 1. The smallest absolute Gasteiger partial charge is 0.337 e. The molecule has 3 rings (SSSR count). The second-order valence-electron chi connectivity index (χ2n) is 4.82. The summed E-state index contributed by atoms with van der Waals surface area (Å²) in [7, 11) is 1.36. The Balaban J connectivity index is 1.82. The number of ether oxygens (including phenoxy) is 1. The van der Waals surface area contributed by atoms with Gasteiger partial charge >= 0.3 is 5.97 Å². The van der Waals surface area contributed by atoms with Crippen molar-refractivity contribution >= 4 is 21.9 Å². The molecule has 0 saturated heterocycles. The molecule has 0 aliphatic carbocycles. The summed E-state index contributed by atoms with van der Waals surface area (Å²) in [4.78, 5) is 13.1. The van der Waals surface area contributed by atoms with Gasteiger partial charge in [0, 0.05) is 10.0 Å². The molecule has 23 heavy (non-hydrogen) atoms. The number of methoxy groups -OCH3 is 1. The summed E-state index contributed by atoms with van der Waals surface area (Å²) in [5, 5.41) is 12.5. The molecule has 0 aliphatic rings. The number of hydrogen-bond acceptors (Lipinski definition) is 5. The van der Waals surface area contributed by atoms with E-state index < -0.39 is 0 Å². The molecule has 0 amide bonds. The first-order chi connectivity index (χ1) is 11.2. The third-order valence-corrected chi connectivity index (χ3v) is 3.93. The van der Waals surface area contributed by atoms with E-state index in [1.54, 1.807) is 18.2 Å². The van der Waals surface area contributed by atoms with Gasteiger partial charge in [-0.15, -0.1) is 10.2 Å². The molecule has 1 heterocycles. The van der Waals surface area contributed by atoms with Gasteiger partial charge in [-0.05, 0) is 35.0 Å². The van der Waals surface area contributed by atoms with Crippen molar-refractivity contribution in [1.82, 2.24) is 20.2 Å². The Morgan fingerprint density at radius 3 is 2.83 bits per heavy atom. The Hall–Kier alpha value is -2.54. The van der Waals surface area contributed by atoms with Crippen LogP contribution in [0.15, 0.2) is 53.0 Å². The van der Waals surface area contributed by atoms with E-state index in [1.807, 2.05) is 30.3 Å². The van der Waals surface area contributed by atoms with E-state index in [1.165, 1.54) is 11.9 Å². The van der Waals surface area contributed by atoms with Crippen LogP contribution in [0.5, 0.6) is 0 Å². The largest absolute Gasteiger partial charge is 0.465 e. The third kappa shape index (κ3) is 3.45. The summed E-state index contributed by atoms with van der Waals surface area (Å²) in [6.07, 6.45) is 0. The van der Waals surface area contributed by atoms with Gasteiger partial charge < -0.3 is 4.74 Å². The molecule has 0 atom stereocenters. The SMILES string of the molecule is COC(=O)c1cccc(Cn2nnc(-c3ccccc3Br)n2)c1. The summed E-state index contributed by atoms with van der Waals surface area (Å²) in [5.74, 6) is 0.175. The molecule has 3 aromatic rings. The lowest BCUT2D eigenvalue weighted by Gasteiger charge is -2.03. The van der Waals surface area contributed by atoms with Crippen molar-refractivity contribution < 1.29 is 9.53 Å². The summed E-state index contributed by atoms with van der Waals surface area (Å²) in [5.41, 5.74) is 2.27. The molecule has 0 unspecified atom stereocenters. The zero-order valence-electron chi connectivity index (χ0n) is 12.3. The molecule has 116 valence electrons. The normalized spacial score (nSPS) is 10.5. The monoisotopic (exact) mass is 372 g/mol. The summed E-state index contributed by atoms with van der Waals surface area (Å²) < 4.78 is 5.63. The second kappa shape index (κ2) is 6.70. The first-order valence-electron chi connectivity index (χ1n) is 6.87. The van der Waals surface area contributed by atoms with Crippen LogP contribution in [0, 0.1) is 0 Å². The number of esters is 1. The van der Waals surface area contributed by atoms with Crippen LogP contribution in [-0.4, -0.2) is 33.3 Å². The lowest BCUT2D eigenvalue weighted by Crippen LogP contribution is -2.06. The Kier molecular flexibility index (Phi) is 4.47. The molecule has 1 aromatic heterocycles. The molecule has 0 spiro atoms. The van der Waals surface area contributed by atoms with Crippen molar-refractivity contribution in [2.75, 3.05) is 7.11 Å². The van der Waals surface area contributed by atoms with Crippen molar-refractivity contribution in [2.45, 2.75) is 6.54 Å². The number of nitrogens with zero attached hydrogens (tertiary/aromatic N) is 4. The summed E-state index contributed by atoms with van der Waals surface area (Å²) in [6, 6.07) is 14.8. The van der Waals surface area contributed by atoms with Crippen LogP contribution in [0.3, 0.4) is 0 Å². The zero-order chi connectivity index (χ0) is 16.2. The maximum atomic E-state index is 11.6. The quantitative estimate of drug-likeness (QED) is 0.658. The molecule has 0 saturated carbocycles. The minimum absolute atomic E-state index is 0.368. The minimum atomic E-state index is -0.368. The van der Waals surface area contributed by atoms with Gasteiger partial charge in [0.2, 0.25) is 5.82 Å². The highest BCUT2D eigenvalue weighted by atomic mass is 79.9. The highest BCUT2D eigenvalue weighted by Crippen LogP contribution is 2.24. The van der Waals surface area contributed by atoms with Crippen LogP contribution in [-0.2, 0) is 11.3 Å². The van der Waals surface area contributed by atoms with Crippen molar-refractivity contribution in [2.24, 2.45) is 0 Å². The zero-order valence-corrected chi connectivity index (χ0v) is 13.9. The highest BCUT2D eigenvalue weighted by Gasteiger charge is 2.10. The minimum Gasteiger partial charge on any atom is -0.465 e. The number of benzene rings is 2. The van der Waals surface area contributed by atoms with Gasteiger partial charge in [0.05, 0.1) is 19.2 Å². The van der Waals surface area contributed by atoms with Crippen LogP contribution in [0.2, 0.25) is 0 Å². The molecule has 0 aliphatic heterocycles. The molecular formula is C16H13BrN4O2. The molecule has 0 fully saturated rings. The number of carbonyl (C=O) groups excluding carboxylic acids is 1. The summed E-state index contributed by atoms with van der Waals surface area (Å²) in [6.45, 7) is 0.419. The van der Waals surface area contributed by atoms with Crippen molar-refractivity contribution in [1.29, 1.82) is 0 Å². The van der Waals surface area contributed by atoms with Crippen LogP contribution in [0.4, 0.5) is 0 Å². The molecule has 7 heteroatoms. The molecule has 2 aromatic carbocycles. The first-order valence-corrected chi connectivity index (χ1v) is 7.66. The van der Waals surface area contributed by atoms with E-state index in [0.29, 0.717) is 17.9 Å². The Morgan fingerprint density at radius 1 is 1.22 bits per heavy atom. The molecule has 0 radical (unpaired) electrons. The van der Waals surface area contributed by atoms with Gasteiger partial charge in [-0.3, -0.25) is 0 Å². The van der Waals surface area contributed by atoms with Crippen LogP contribution in [0.25, 0.3) is 11.4 Å². The third-order valence-electron chi connectivity index (χ3n) is 3.24.